The molecule has 0 bridgehead atoms. The van der Waals surface area contributed by atoms with Gasteiger partial charge in [0.25, 0.3) is 5.91 Å². The second kappa shape index (κ2) is 8.66. The minimum atomic E-state index is -0.155. The molecule has 0 aromatic heterocycles. The van der Waals surface area contributed by atoms with Gasteiger partial charge in [0.2, 0.25) is 5.91 Å². The van der Waals surface area contributed by atoms with Crippen molar-refractivity contribution < 1.29 is 9.59 Å². The maximum Gasteiger partial charge on any atom is 0.251 e. The number of carbonyl (C=O) groups excluding carboxylic acids is 2. The van der Waals surface area contributed by atoms with E-state index >= 15 is 0 Å². The van der Waals surface area contributed by atoms with E-state index in [9.17, 15) is 9.59 Å². The molecular weight excluding hydrogens is 310 g/mol. The van der Waals surface area contributed by atoms with Crippen LogP contribution in [0.4, 0.5) is 0 Å². The zero-order valence-corrected chi connectivity index (χ0v) is 12.2. The highest BCUT2D eigenvalue weighted by Gasteiger charge is 2.05. The third-order valence-electron chi connectivity index (χ3n) is 2.43. The van der Waals surface area contributed by atoms with Gasteiger partial charge in [-0.25, -0.2) is 0 Å². The van der Waals surface area contributed by atoms with Gasteiger partial charge in [0.05, 0.1) is 0 Å². The zero-order valence-electron chi connectivity index (χ0n) is 10.6. The molecule has 5 nitrogen and oxygen atoms in total. The lowest BCUT2D eigenvalue weighted by Gasteiger charge is -2.07. The van der Waals surface area contributed by atoms with Gasteiger partial charge in [0, 0.05) is 29.5 Å². The summed E-state index contributed by atoms with van der Waals surface area (Å²) in [4.78, 5) is 23.0. The van der Waals surface area contributed by atoms with Crippen LogP contribution in [0.3, 0.4) is 0 Å². The van der Waals surface area contributed by atoms with Crippen molar-refractivity contribution >= 4 is 27.7 Å². The molecule has 104 valence electrons. The number of carbonyl (C=O) groups is 2. The van der Waals surface area contributed by atoms with Gasteiger partial charge in [0.1, 0.15) is 0 Å². The van der Waals surface area contributed by atoms with Crippen molar-refractivity contribution in [3.63, 3.8) is 0 Å². The van der Waals surface area contributed by atoms with Crippen molar-refractivity contribution in [2.75, 3.05) is 19.6 Å². The Labute approximate surface area is 121 Å². The van der Waals surface area contributed by atoms with Gasteiger partial charge in [-0.1, -0.05) is 22.0 Å². The minimum absolute atomic E-state index is 0.0397. The predicted octanol–water partition coefficient (Wildman–Crippen LogP) is 1.03. The first-order valence-electron chi connectivity index (χ1n) is 6.14. The number of nitrogens with two attached hydrogens (primary N) is 1. The molecule has 0 heterocycles. The van der Waals surface area contributed by atoms with Gasteiger partial charge >= 0.3 is 0 Å². The van der Waals surface area contributed by atoms with Crippen LogP contribution in [0.15, 0.2) is 28.7 Å². The van der Waals surface area contributed by atoms with Crippen LogP contribution in [0.2, 0.25) is 0 Å². The highest BCUT2D eigenvalue weighted by molar-refractivity contribution is 9.10. The summed E-state index contributed by atoms with van der Waals surface area (Å²) in [7, 11) is 0. The molecule has 2 amide bonds. The average molecular weight is 328 g/mol. The summed E-state index contributed by atoms with van der Waals surface area (Å²) in [5.41, 5.74) is 5.89. The summed E-state index contributed by atoms with van der Waals surface area (Å²) < 4.78 is 0.857. The summed E-state index contributed by atoms with van der Waals surface area (Å²) >= 11 is 3.31. The number of rotatable bonds is 7. The maximum atomic E-state index is 11.8. The molecule has 1 rings (SSSR count). The second-order valence-electron chi connectivity index (χ2n) is 4.01. The van der Waals surface area contributed by atoms with Gasteiger partial charge in [0.15, 0.2) is 0 Å². The maximum absolute atomic E-state index is 11.8. The van der Waals surface area contributed by atoms with Crippen LogP contribution in [0.25, 0.3) is 0 Å². The molecule has 0 unspecified atom stereocenters. The van der Waals surface area contributed by atoms with Crippen molar-refractivity contribution in [3.8, 4) is 0 Å². The Morgan fingerprint density at radius 2 is 1.95 bits per heavy atom. The van der Waals surface area contributed by atoms with Crippen LogP contribution in [0.1, 0.15) is 23.2 Å². The van der Waals surface area contributed by atoms with Crippen molar-refractivity contribution in [2.24, 2.45) is 5.73 Å². The fraction of sp³-hybridized carbons (Fsp3) is 0.385. The van der Waals surface area contributed by atoms with Gasteiger partial charge < -0.3 is 16.4 Å². The fourth-order valence-corrected chi connectivity index (χ4v) is 1.86. The Kier molecular flexibility index (Phi) is 7.14. The minimum Gasteiger partial charge on any atom is -0.354 e. The first-order chi connectivity index (χ1) is 9.13. The van der Waals surface area contributed by atoms with Crippen molar-refractivity contribution in [1.82, 2.24) is 10.6 Å². The molecule has 4 N–H and O–H groups in total. The van der Waals surface area contributed by atoms with E-state index in [2.05, 4.69) is 26.6 Å². The van der Waals surface area contributed by atoms with Gasteiger partial charge in [-0.05, 0) is 31.2 Å². The van der Waals surface area contributed by atoms with Crippen molar-refractivity contribution in [2.45, 2.75) is 12.8 Å². The third kappa shape index (κ3) is 6.35. The lowest BCUT2D eigenvalue weighted by molar-refractivity contribution is -0.121. The molecule has 1 aromatic rings. The Hall–Kier alpha value is -1.40. The van der Waals surface area contributed by atoms with Gasteiger partial charge in [-0.15, -0.1) is 0 Å². The quantitative estimate of drug-likeness (QED) is 0.654. The van der Waals surface area contributed by atoms with Crippen LogP contribution < -0.4 is 16.4 Å². The number of nitrogens with one attached hydrogen (secondary N) is 2. The van der Waals surface area contributed by atoms with E-state index in [-0.39, 0.29) is 11.8 Å². The molecule has 0 saturated heterocycles. The number of halogens is 1. The molecule has 0 radical (unpaired) electrons. The first kappa shape index (κ1) is 15.7. The number of hydrogen-bond acceptors (Lipinski definition) is 3. The monoisotopic (exact) mass is 327 g/mol. The number of amides is 2. The topological polar surface area (TPSA) is 84.2 Å². The van der Waals surface area contributed by atoms with Crippen molar-refractivity contribution in [3.05, 3.63) is 34.3 Å². The molecule has 0 saturated carbocycles. The lowest BCUT2D eigenvalue weighted by atomic mass is 10.2. The third-order valence-corrected chi connectivity index (χ3v) is 2.92. The number of benzene rings is 1. The fourth-order valence-electron chi connectivity index (χ4n) is 1.46. The highest BCUT2D eigenvalue weighted by atomic mass is 79.9. The standard InChI is InChI=1S/C13H18BrN3O2/c14-11-4-1-3-10(9-11)13(19)17-8-7-16-12(18)5-2-6-15/h1,3-4,9H,2,5-8,15H2,(H,16,18)(H,17,19). The molecule has 1 aromatic carbocycles. The van der Waals surface area contributed by atoms with Gasteiger partial charge in [-0.2, -0.15) is 0 Å². The van der Waals surface area contributed by atoms with E-state index in [0.29, 0.717) is 38.0 Å². The molecule has 0 fully saturated rings. The van der Waals surface area contributed by atoms with Crippen LogP contribution >= 0.6 is 15.9 Å². The number of hydrogen-bond donors (Lipinski definition) is 3. The molecule has 0 atom stereocenters. The van der Waals surface area contributed by atoms with E-state index in [4.69, 9.17) is 5.73 Å². The molecule has 0 spiro atoms. The van der Waals surface area contributed by atoms with Gasteiger partial charge in [-0.3, -0.25) is 9.59 Å². The van der Waals surface area contributed by atoms with E-state index in [1.54, 1.807) is 18.2 Å². The summed E-state index contributed by atoms with van der Waals surface area (Å²) in [6, 6.07) is 7.14. The lowest BCUT2D eigenvalue weighted by Crippen LogP contribution is -2.34. The van der Waals surface area contributed by atoms with Crippen LogP contribution in [0.5, 0.6) is 0 Å². The van der Waals surface area contributed by atoms with Crippen LogP contribution in [-0.2, 0) is 4.79 Å². The first-order valence-corrected chi connectivity index (χ1v) is 6.93. The second-order valence-corrected chi connectivity index (χ2v) is 4.92. The smallest absolute Gasteiger partial charge is 0.251 e. The predicted molar refractivity (Wildman–Crippen MR) is 77.8 cm³/mol. The summed E-state index contributed by atoms with van der Waals surface area (Å²) in [5.74, 6) is -0.195. The Bertz CT molecular complexity index is 438. The SMILES string of the molecule is NCCCC(=O)NCCNC(=O)c1cccc(Br)c1. The van der Waals surface area contributed by atoms with E-state index in [0.717, 1.165) is 4.47 Å². The van der Waals surface area contributed by atoms with Crippen molar-refractivity contribution in [1.29, 1.82) is 0 Å². The van der Waals surface area contributed by atoms with E-state index in [1.807, 2.05) is 6.07 Å². The zero-order chi connectivity index (χ0) is 14.1. The molecule has 0 aliphatic rings. The highest BCUT2D eigenvalue weighted by Crippen LogP contribution is 2.11. The van der Waals surface area contributed by atoms with Crippen LogP contribution in [0, 0.1) is 0 Å². The Morgan fingerprint density at radius 1 is 1.21 bits per heavy atom. The van der Waals surface area contributed by atoms with E-state index in [1.165, 1.54) is 0 Å². The molecule has 6 heteroatoms. The molecule has 0 aliphatic heterocycles. The summed E-state index contributed by atoms with van der Waals surface area (Å²) in [6.45, 7) is 1.33. The average Bonchev–Trinajstić information content (AvgIpc) is 2.41. The summed E-state index contributed by atoms with van der Waals surface area (Å²) in [6.07, 6.45) is 1.10. The van der Waals surface area contributed by atoms with Crippen LogP contribution in [-0.4, -0.2) is 31.4 Å². The Balaban J connectivity index is 2.22. The molecule has 19 heavy (non-hydrogen) atoms. The molecular formula is C13H18BrN3O2. The normalized spacial score (nSPS) is 10.0. The van der Waals surface area contributed by atoms with E-state index < -0.39 is 0 Å². The largest absolute Gasteiger partial charge is 0.354 e. The Morgan fingerprint density at radius 3 is 2.63 bits per heavy atom. The summed E-state index contributed by atoms with van der Waals surface area (Å²) in [5, 5.41) is 5.46. The molecule has 0 aliphatic carbocycles.